The zero-order chi connectivity index (χ0) is 15.5. The molecule has 2 aliphatic rings. The average molecular weight is 324 g/mol. The minimum atomic E-state index is -0.321. The molecule has 1 nitrogen and oxygen atoms in total. The van der Waals surface area contributed by atoms with Crippen molar-refractivity contribution in [1.82, 2.24) is 0 Å². The van der Waals surface area contributed by atoms with Gasteiger partial charge in [0.1, 0.15) is 5.75 Å². The van der Waals surface area contributed by atoms with Crippen LogP contribution in [0.3, 0.4) is 0 Å². The lowest BCUT2D eigenvalue weighted by atomic mass is 9.90. The first-order valence-electron chi connectivity index (χ1n) is 9.41. The third-order valence-electron chi connectivity index (χ3n) is 5.67. The van der Waals surface area contributed by atoms with Crippen molar-refractivity contribution in [3.8, 4) is 5.75 Å². The van der Waals surface area contributed by atoms with E-state index >= 15 is 0 Å². The minimum Gasteiger partial charge on any atom is -0.493 e. The Morgan fingerprint density at radius 1 is 0.826 bits per heavy atom. The minimum absolute atomic E-state index is 0.321. The zero-order valence-corrected chi connectivity index (χ0v) is 15.0. The Labute approximate surface area is 141 Å². The first-order chi connectivity index (χ1) is 11.4. The van der Waals surface area contributed by atoms with Crippen LogP contribution in [0.25, 0.3) is 10.8 Å². The van der Waals surface area contributed by atoms with Gasteiger partial charge in [0.15, 0.2) is 0 Å². The molecule has 0 bridgehead atoms. The lowest BCUT2D eigenvalue weighted by Gasteiger charge is -2.22. The largest absolute Gasteiger partial charge is 0.493 e. The predicted octanol–water partition coefficient (Wildman–Crippen LogP) is 5.29. The van der Waals surface area contributed by atoms with Crippen molar-refractivity contribution >= 4 is 24.8 Å². The number of benzene rings is 2. The van der Waals surface area contributed by atoms with Crippen molar-refractivity contribution in [3.63, 3.8) is 0 Å². The summed E-state index contributed by atoms with van der Waals surface area (Å²) in [7, 11) is -0.321. The van der Waals surface area contributed by atoms with E-state index in [0.29, 0.717) is 0 Å². The number of rotatable bonds is 4. The van der Waals surface area contributed by atoms with Crippen LogP contribution in [-0.2, 0) is 0 Å². The molecule has 4 rings (SSSR count). The van der Waals surface area contributed by atoms with Gasteiger partial charge in [0.2, 0.25) is 0 Å². The molecule has 121 valence electrons. The van der Waals surface area contributed by atoms with Crippen molar-refractivity contribution in [2.75, 3.05) is 6.61 Å². The monoisotopic (exact) mass is 323 g/mol. The highest BCUT2D eigenvalue weighted by Gasteiger charge is 2.22. The standard InChI is InChI=1S/C21H27OSi/c1-2-8-17(9-3-1)16-22-20-12-13-21(23-14-6-7-15-23)19-11-5-4-10-18(19)20/h4-5,10-13,17H,1-3,6-9,14-16H2. The molecule has 0 atom stereocenters. The van der Waals surface area contributed by atoms with Gasteiger partial charge in [-0.1, -0.05) is 79.7 Å². The van der Waals surface area contributed by atoms with Gasteiger partial charge in [-0.3, -0.25) is 0 Å². The van der Waals surface area contributed by atoms with E-state index in [1.54, 1.807) is 5.19 Å². The Morgan fingerprint density at radius 3 is 2.35 bits per heavy atom. The molecule has 1 saturated heterocycles. The van der Waals surface area contributed by atoms with Gasteiger partial charge < -0.3 is 4.74 Å². The molecule has 0 unspecified atom stereocenters. The molecule has 0 spiro atoms. The molecule has 0 amide bonds. The maximum atomic E-state index is 6.29. The summed E-state index contributed by atoms with van der Waals surface area (Å²) in [6, 6.07) is 16.5. The van der Waals surface area contributed by atoms with Crippen LogP contribution in [0.15, 0.2) is 36.4 Å². The average Bonchev–Trinajstić information content (AvgIpc) is 3.15. The van der Waals surface area contributed by atoms with E-state index in [0.717, 1.165) is 18.3 Å². The summed E-state index contributed by atoms with van der Waals surface area (Å²) < 4.78 is 6.29. The van der Waals surface area contributed by atoms with Gasteiger partial charge in [-0.2, -0.15) is 0 Å². The number of hydrogen-bond acceptors (Lipinski definition) is 1. The summed E-state index contributed by atoms with van der Waals surface area (Å²) in [5.74, 6) is 1.87. The fourth-order valence-electron chi connectivity index (χ4n) is 4.34. The molecule has 2 heteroatoms. The van der Waals surface area contributed by atoms with E-state index in [1.165, 1.54) is 67.8 Å². The summed E-state index contributed by atoms with van der Waals surface area (Å²) >= 11 is 0. The van der Waals surface area contributed by atoms with Crippen molar-refractivity contribution in [3.05, 3.63) is 36.4 Å². The topological polar surface area (TPSA) is 9.23 Å². The van der Waals surface area contributed by atoms with Crippen LogP contribution in [0.1, 0.15) is 44.9 Å². The van der Waals surface area contributed by atoms with Gasteiger partial charge in [-0.25, -0.2) is 0 Å². The van der Waals surface area contributed by atoms with Crippen LogP contribution in [0.5, 0.6) is 5.75 Å². The smallest absolute Gasteiger partial charge is 0.127 e. The Balaban J connectivity index is 1.58. The van der Waals surface area contributed by atoms with E-state index in [4.69, 9.17) is 4.74 Å². The van der Waals surface area contributed by atoms with Crippen molar-refractivity contribution < 1.29 is 4.74 Å². The fourth-order valence-corrected chi connectivity index (χ4v) is 7.40. The molecular weight excluding hydrogens is 296 g/mol. The van der Waals surface area contributed by atoms with Crippen LogP contribution in [-0.4, -0.2) is 15.4 Å². The van der Waals surface area contributed by atoms with Gasteiger partial charge in [0.05, 0.1) is 15.4 Å². The SMILES string of the molecule is c1ccc2c([Si]3CCCC3)ccc(OCC3CCCCC3)c2c1. The van der Waals surface area contributed by atoms with Crippen molar-refractivity contribution in [1.29, 1.82) is 0 Å². The first kappa shape index (κ1) is 15.3. The normalized spacial score (nSPS) is 20.2. The van der Waals surface area contributed by atoms with Gasteiger partial charge in [-0.05, 0) is 30.2 Å². The molecule has 1 radical (unpaired) electrons. The quantitative estimate of drug-likeness (QED) is 0.694. The summed E-state index contributed by atoms with van der Waals surface area (Å²) in [5.41, 5.74) is 0. The Morgan fingerprint density at radius 2 is 1.57 bits per heavy atom. The maximum Gasteiger partial charge on any atom is 0.127 e. The van der Waals surface area contributed by atoms with Gasteiger partial charge in [-0.15, -0.1) is 0 Å². The second kappa shape index (κ2) is 7.08. The Hall–Kier alpha value is -1.28. The van der Waals surface area contributed by atoms with Gasteiger partial charge in [0.25, 0.3) is 0 Å². The summed E-state index contributed by atoms with van der Waals surface area (Å²) in [5, 5.41) is 4.45. The molecule has 1 aliphatic carbocycles. The molecule has 1 aliphatic heterocycles. The van der Waals surface area contributed by atoms with E-state index in [-0.39, 0.29) is 8.80 Å². The van der Waals surface area contributed by atoms with Gasteiger partial charge in [0, 0.05) is 5.39 Å². The second-order valence-corrected chi connectivity index (χ2v) is 10.0. The van der Waals surface area contributed by atoms with Crippen LogP contribution in [0, 0.1) is 5.92 Å². The zero-order valence-electron chi connectivity index (χ0n) is 14.0. The molecule has 0 aromatic heterocycles. The molecule has 0 N–H and O–H groups in total. The number of hydrogen-bond donors (Lipinski definition) is 0. The first-order valence-corrected chi connectivity index (χ1v) is 11.3. The molecule has 2 aromatic carbocycles. The third-order valence-corrected chi connectivity index (χ3v) is 8.78. The van der Waals surface area contributed by atoms with Crippen molar-refractivity contribution in [2.24, 2.45) is 5.92 Å². The second-order valence-electron chi connectivity index (χ2n) is 7.28. The molecule has 2 aromatic rings. The van der Waals surface area contributed by atoms with Crippen LogP contribution in [0.4, 0.5) is 0 Å². The van der Waals surface area contributed by atoms with Crippen LogP contribution < -0.4 is 9.92 Å². The Bertz CT molecular complexity index is 654. The summed E-state index contributed by atoms with van der Waals surface area (Å²) in [6.07, 6.45) is 9.76. The predicted molar refractivity (Wildman–Crippen MR) is 100 cm³/mol. The van der Waals surface area contributed by atoms with Crippen LogP contribution in [0.2, 0.25) is 12.1 Å². The van der Waals surface area contributed by atoms with E-state index in [2.05, 4.69) is 36.4 Å². The third kappa shape index (κ3) is 3.33. The summed E-state index contributed by atoms with van der Waals surface area (Å²) in [4.78, 5) is 0. The number of fused-ring (bicyclic) bond motifs is 1. The lowest BCUT2D eigenvalue weighted by molar-refractivity contribution is 0.210. The molecule has 2 fully saturated rings. The molecule has 1 saturated carbocycles. The maximum absolute atomic E-state index is 6.29. The fraction of sp³-hybridized carbons (Fsp3) is 0.524. The lowest BCUT2D eigenvalue weighted by Crippen LogP contribution is -2.27. The van der Waals surface area contributed by atoms with Gasteiger partial charge >= 0.3 is 0 Å². The van der Waals surface area contributed by atoms with Crippen molar-refractivity contribution in [2.45, 2.75) is 57.0 Å². The number of ether oxygens (including phenoxy) is 1. The molecular formula is C21H27OSi. The summed E-state index contributed by atoms with van der Waals surface area (Å²) in [6.45, 7) is 0.904. The van der Waals surface area contributed by atoms with Crippen LogP contribution >= 0.6 is 0 Å². The highest BCUT2D eigenvalue weighted by atomic mass is 28.3. The highest BCUT2D eigenvalue weighted by Crippen LogP contribution is 2.30. The van der Waals surface area contributed by atoms with E-state index < -0.39 is 0 Å². The van der Waals surface area contributed by atoms with E-state index in [9.17, 15) is 0 Å². The van der Waals surface area contributed by atoms with E-state index in [1.807, 2.05) is 0 Å². The highest BCUT2D eigenvalue weighted by molar-refractivity contribution is 6.76. The molecule has 23 heavy (non-hydrogen) atoms. The Kier molecular flexibility index (Phi) is 4.70. The molecule has 1 heterocycles.